The van der Waals surface area contributed by atoms with Crippen molar-refractivity contribution in [2.24, 2.45) is 0 Å². The van der Waals surface area contributed by atoms with Crippen LogP contribution in [0.3, 0.4) is 0 Å². The van der Waals surface area contributed by atoms with Crippen LogP contribution in [0.5, 0.6) is 11.5 Å². The van der Waals surface area contributed by atoms with Gasteiger partial charge in [0.2, 0.25) is 0 Å². The molecule has 29 heavy (non-hydrogen) atoms. The molecular formula is C17H13ClF3N5O3. The van der Waals surface area contributed by atoms with Crippen LogP contribution in [0.4, 0.5) is 18.9 Å². The van der Waals surface area contributed by atoms with Crippen LogP contribution in [0.15, 0.2) is 36.7 Å². The SMILES string of the molecule is COc1cc(C(=O)Nc2ccc(Cl)c(C(F)(F)F)c2)c(-n2cnnn2)cc1OC. The van der Waals surface area contributed by atoms with Gasteiger partial charge in [-0.1, -0.05) is 11.6 Å². The molecule has 0 aliphatic heterocycles. The second-order valence-corrected chi connectivity index (χ2v) is 6.03. The summed E-state index contributed by atoms with van der Waals surface area (Å²) in [5, 5.41) is 12.7. The Kier molecular flexibility index (Phi) is 5.59. The maximum atomic E-state index is 13.1. The second-order valence-electron chi connectivity index (χ2n) is 5.63. The molecule has 2 aromatic carbocycles. The van der Waals surface area contributed by atoms with Crippen LogP contribution in [0.25, 0.3) is 5.69 Å². The summed E-state index contributed by atoms with van der Waals surface area (Å²) in [5.41, 5.74) is -0.886. The largest absolute Gasteiger partial charge is 0.493 e. The normalized spacial score (nSPS) is 11.2. The van der Waals surface area contributed by atoms with Crippen molar-refractivity contribution in [1.29, 1.82) is 0 Å². The summed E-state index contributed by atoms with van der Waals surface area (Å²) in [6, 6.07) is 5.89. The van der Waals surface area contributed by atoms with Crippen LogP contribution < -0.4 is 14.8 Å². The standard InChI is InChI=1S/C17H13ClF3N5O3/c1-28-14-6-10(13(7-15(14)29-2)26-8-22-24-25-26)16(27)23-9-3-4-12(18)11(5-9)17(19,20)21/h3-8H,1-2H3,(H,23,27). The van der Waals surface area contributed by atoms with Gasteiger partial charge >= 0.3 is 6.18 Å². The third-order valence-corrected chi connectivity index (χ3v) is 4.20. The van der Waals surface area contributed by atoms with Gasteiger partial charge in [0.25, 0.3) is 5.91 Å². The fourth-order valence-corrected chi connectivity index (χ4v) is 2.75. The van der Waals surface area contributed by atoms with Crippen LogP contribution in [-0.4, -0.2) is 40.3 Å². The molecule has 0 fully saturated rings. The number of aromatic nitrogens is 4. The monoisotopic (exact) mass is 427 g/mol. The summed E-state index contributed by atoms with van der Waals surface area (Å²) >= 11 is 5.61. The van der Waals surface area contributed by atoms with Crippen molar-refractivity contribution in [3.05, 3.63) is 52.8 Å². The summed E-state index contributed by atoms with van der Waals surface area (Å²) in [5.74, 6) is -0.172. The van der Waals surface area contributed by atoms with E-state index >= 15 is 0 Å². The Hall–Kier alpha value is -3.34. The Bertz CT molecular complexity index is 1040. The Morgan fingerprint density at radius 3 is 2.41 bits per heavy atom. The highest BCUT2D eigenvalue weighted by atomic mass is 35.5. The highest BCUT2D eigenvalue weighted by Gasteiger charge is 2.33. The molecule has 0 unspecified atom stereocenters. The van der Waals surface area contributed by atoms with Gasteiger partial charge < -0.3 is 14.8 Å². The van der Waals surface area contributed by atoms with Gasteiger partial charge in [0, 0.05) is 11.8 Å². The first-order valence-corrected chi connectivity index (χ1v) is 8.30. The van der Waals surface area contributed by atoms with Gasteiger partial charge in [-0.15, -0.1) is 5.10 Å². The number of amides is 1. The van der Waals surface area contributed by atoms with Crippen LogP contribution in [0.2, 0.25) is 5.02 Å². The molecule has 0 atom stereocenters. The predicted octanol–water partition coefficient (Wildman–Crippen LogP) is 3.60. The Balaban J connectivity index is 2.03. The van der Waals surface area contributed by atoms with E-state index in [-0.39, 0.29) is 22.7 Å². The Labute approximate surface area is 167 Å². The summed E-state index contributed by atoms with van der Waals surface area (Å²) in [7, 11) is 2.79. The maximum Gasteiger partial charge on any atom is 0.417 e. The van der Waals surface area contributed by atoms with E-state index in [1.165, 1.54) is 43.4 Å². The molecule has 1 amide bonds. The Morgan fingerprint density at radius 1 is 1.14 bits per heavy atom. The average Bonchev–Trinajstić information content (AvgIpc) is 3.22. The van der Waals surface area contributed by atoms with Crippen LogP contribution in [0, 0.1) is 0 Å². The lowest BCUT2D eigenvalue weighted by atomic mass is 10.1. The molecule has 1 heterocycles. The van der Waals surface area contributed by atoms with Gasteiger partial charge in [0.15, 0.2) is 11.5 Å². The van der Waals surface area contributed by atoms with Gasteiger partial charge in [-0.05, 0) is 34.7 Å². The zero-order chi connectivity index (χ0) is 21.2. The molecule has 0 aliphatic rings. The summed E-state index contributed by atoms with van der Waals surface area (Å²) < 4.78 is 50.8. The van der Waals surface area contributed by atoms with E-state index in [4.69, 9.17) is 21.1 Å². The van der Waals surface area contributed by atoms with Gasteiger partial charge in [-0.3, -0.25) is 4.79 Å². The average molecular weight is 428 g/mol. The van der Waals surface area contributed by atoms with Crippen molar-refractivity contribution in [3.8, 4) is 17.2 Å². The molecule has 0 spiro atoms. The lowest BCUT2D eigenvalue weighted by Crippen LogP contribution is -2.17. The van der Waals surface area contributed by atoms with Crippen LogP contribution in [-0.2, 0) is 6.18 Å². The summed E-state index contributed by atoms with van der Waals surface area (Å²) in [6.45, 7) is 0. The van der Waals surface area contributed by atoms with Crippen molar-refractivity contribution in [2.45, 2.75) is 6.18 Å². The number of benzene rings is 2. The van der Waals surface area contributed by atoms with Gasteiger partial charge in [0.05, 0.1) is 36.1 Å². The molecule has 1 N–H and O–H groups in total. The fraction of sp³-hybridized carbons (Fsp3) is 0.176. The second kappa shape index (κ2) is 7.95. The highest BCUT2D eigenvalue weighted by Crippen LogP contribution is 2.37. The minimum atomic E-state index is -4.67. The number of alkyl halides is 3. The van der Waals surface area contributed by atoms with E-state index < -0.39 is 22.7 Å². The maximum absolute atomic E-state index is 13.1. The lowest BCUT2D eigenvalue weighted by Gasteiger charge is -2.15. The highest BCUT2D eigenvalue weighted by molar-refractivity contribution is 6.31. The number of tetrazole rings is 1. The fourth-order valence-electron chi connectivity index (χ4n) is 2.53. The number of rotatable bonds is 5. The third-order valence-electron chi connectivity index (χ3n) is 3.87. The topological polar surface area (TPSA) is 91.2 Å². The number of halogens is 4. The number of carbonyl (C=O) groups excluding carboxylic acids is 1. The van der Waals surface area contributed by atoms with E-state index in [2.05, 4.69) is 20.8 Å². The van der Waals surface area contributed by atoms with E-state index in [1.54, 1.807) is 0 Å². The van der Waals surface area contributed by atoms with Crippen LogP contribution in [0.1, 0.15) is 15.9 Å². The van der Waals surface area contributed by atoms with Crippen molar-refractivity contribution >= 4 is 23.2 Å². The number of methoxy groups -OCH3 is 2. The molecule has 0 saturated carbocycles. The van der Waals surface area contributed by atoms with Gasteiger partial charge in [0.1, 0.15) is 6.33 Å². The van der Waals surface area contributed by atoms with Crippen molar-refractivity contribution in [3.63, 3.8) is 0 Å². The molecule has 3 rings (SSSR count). The minimum absolute atomic E-state index is 0.0402. The van der Waals surface area contributed by atoms with E-state index in [0.29, 0.717) is 5.75 Å². The number of anilines is 1. The number of hydrogen-bond acceptors (Lipinski definition) is 6. The van der Waals surface area contributed by atoms with Crippen molar-refractivity contribution in [2.75, 3.05) is 19.5 Å². The number of carbonyl (C=O) groups is 1. The molecule has 0 saturated heterocycles. The molecule has 3 aromatic rings. The number of hydrogen-bond donors (Lipinski definition) is 1. The van der Waals surface area contributed by atoms with Crippen molar-refractivity contribution < 1.29 is 27.4 Å². The quantitative estimate of drug-likeness (QED) is 0.669. The molecule has 0 bridgehead atoms. The predicted molar refractivity (Wildman–Crippen MR) is 96.7 cm³/mol. The van der Waals surface area contributed by atoms with E-state index in [1.807, 2.05) is 0 Å². The number of nitrogens with zero attached hydrogens (tertiary/aromatic N) is 4. The zero-order valence-electron chi connectivity index (χ0n) is 15.0. The molecule has 12 heteroatoms. The molecular weight excluding hydrogens is 415 g/mol. The first-order chi connectivity index (χ1) is 13.7. The first kappa shape index (κ1) is 20.4. The first-order valence-electron chi connectivity index (χ1n) is 7.92. The van der Waals surface area contributed by atoms with E-state index in [9.17, 15) is 18.0 Å². The van der Waals surface area contributed by atoms with Gasteiger partial charge in [-0.2, -0.15) is 17.9 Å². The molecule has 152 valence electrons. The zero-order valence-corrected chi connectivity index (χ0v) is 15.7. The molecule has 0 aliphatic carbocycles. The molecule has 0 radical (unpaired) electrons. The minimum Gasteiger partial charge on any atom is -0.493 e. The summed E-state index contributed by atoms with van der Waals surface area (Å²) in [6.07, 6.45) is -3.42. The smallest absolute Gasteiger partial charge is 0.417 e. The molecule has 1 aromatic heterocycles. The van der Waals surface area contributed by atoms with Crippen LogP contribution >= 0.6 is 11.6 Å². The van der Waals surface area contributed by atoms with Gasteiger partial charge in [-0.25, -0.2) is 0 Å². The van der Waals surface area contributed by atoms with Crippen molar-refractivity contribution in [1.82, 2.24) is 20.2 Å². The lowest BCUT2D eigenvalue weighted by molar-refractivity contribution is -0.137. The number of nitrogens with one attached hydrogen (secondary N) is 1. The van der Waals surface area contributed by atoms with E-state index in [0.717, 1.165) is 12.1 Å². The Morgan fingerprint density at radius 2 is 1.83 bits per heavy atom. The summed E-state index contributed by atoms with van der Waals surface area (Å²) in [4.78, 5) is 12.8. The third kappa shape index (κ3) is 4.24. The molecule has 8 nitrogen and oxygen atoms in total. The number of ether oxygens (including phenoxy) is 2.